The van der Waals surface area contributed by atoms with Crippen LogP contribution >= 0.6 is 0 Å². The largest absolute Gasteiger partial charge is 0.413 e. The molecule has 0 unspecified atom stereocenters. The van der Waals surface area contributed by atoms with Crippen molar-refractivity contribution in [3.05, 3.63) is 42.9 Å². The van der Waals surface area contributed by atoms with Crippen molar-refractivity contribution < 1.29 is 14.6 Å². The van der Waals surface area contributed by atoms with Gasteiger partial charge in [-0.25, -0.2) is 19.4 Å². The Morgan fingerprint density at radius 2 is 2.15 bits per heavy atom. The second-order valence-electron chi connectivity index (χ2n) is 6.75. The molecule has 4 rings (SSSR count). The Hall–Kier alpha value is -3.46. The van der Waals surface area contributed by atoms with Crippen LogP contribution in [-0.4, -0.2) is 48.1 Å². The van der Waals surface area contributed by atoms with Crippen molar-refractivity contribution in [3.8, 4) is 11.6 Å². The van der Waals surface area contributed by atoms with Gasteiger partial charge in [0.2, 0.25) is 0 Å². The summed E-state index contributed by atoms with van der Waals surface area (Å²) in [6.07, 6.45) is 4.17. The first-order valence-corrected chi connectivity index (χ1v) is 8.35. The summed E-state index contributed by atoms with van der Waals surface area (Å²) in [7, 11) is 0. The molecule has 0 saturated carbocycles. The highest BCUT2D eigenvalue weighted by molar-refractivity contribution is 5.84. The summed E-state index contributed by atoms with van der Waals surface area (Å²) < 4.78 is 7.01. The number of rotatable bonds is 4. The zero-order valence-corrected chi connectivity index (χ0v) is 14.8. The van der Waals surface area contributed by atoms with Crippen LogP contribution in [0.15, 0.2) is 42.9 Å². The molecule has 9 nitrogen and oxygen atoms in total. The lowest BCUT2D eigenvalue weighted by atomic mass is 10.1. The minimum Gasteiger partial charge on any atom is -0.406 e. The van der Waals surface area contributed by atoms with Gasteiger partial charge >= 0.3 is 6.09 Å². The van der Waals surface area contributed by atoms with Crippen LogP contribution in [0.25, 0.3) is 27.9 Å². The van der Waals surface area contributed by atoms with Gasteiger partial charge in [-0.05, 0) is 19.9 Å². The van der Waals surface area contributed by atoms with E-state index in [4.69, 9.17) is 4.74 Å². The molecule has 0 aliphatic heterocycles. The molecular weight excluding hydrogens is 348 g/mol. The quantitative estimate of drug-likeness (QED) is 0.509. The molecule has 0 bridgehead atoms. The van der Waals surface area contributed by atoms with Crippen LogP contribution in [0, 0.1) is 0 Å². The van der Waals surface area contributed by atoms with Crippen molar-refractivity contribution in [1.82, 2.24) is 30.0 Å². The lowest BCUT2D eigenvalue weighted by molar-refractivity contribution is 0.159. The highest BCUT2D eigenvalue weighted by Gasteiger charge is 2.22. The molecule has 1 aromatic carbocycles. The number of benzene rings is 1. The van der Waals surface area contributed by atoms with Crippen LogP contribution in [0.4, 0.5) is 4.79 Å². The molecular formula is C18H18N6O3. The van der Waals surface area contributed by atoms with Crippen molar-refractivity contribution in [2.45, 2.75) is 19.4 Å². The number of aliphatic hydroxyl groups excluding tert-OH is 1. The Bertz CT molecular complexity index is 1130. The van der Waals surface area contributed by atoms with Gasteiger partial charge in [0.1, 0.15) is 0 Å². The van der Waals surface area contributed by atoms with Gasteiger partial charge in [0.05, 0.1) is 30.1 Å². The molecule has 0 aliphatic rings. The summed E-state index contributed by atoms with van der Waals surface area (Å²) in [4.78, 5) is 23.9. The van der Waals surface area contributed by atoms with Gasteiger partial charge in [0.15, 0.2) is 22.7 Å². The topological polar surface area (TPSA) is 118 Å². The highest BCUT2D eigenvalue weighted by Crippen LogP contribution is 2.24. The molecule has 0 atom stereocenters. The number of fused-ring (bicyclic) bond motifs is 2. The Kier molecular flexibility index (Phi) is 4.00. The molecule has 4 aromatic rings. The van der Waals surface area contributed by atoms with Gasteiger partial charge in [-0.3, -0.25) is 0 Å². The number of aromatic amines is 1. The molecule has 0 radical (unpaired) electrons. The molecule has 9 heteroatoms. The highest BCUT2D eigenvalue weighted by atomic mass is 16.6. The summed E-state index contributed by atoms with van der Waals surface area (Å²) in [6.45, 7) is 3.15. The van der Waals surface area contributed by atoms with Crippen LogP contribution in [0.1, 0.15) is 13.8 Å². The van der Waals surface area contributed by atoms with Crippen LogP contribution in [0.2, 0.25) is 0 Å². The second kappa shape index (κ2) is 6.36. The van der Waals surface area contributed by atoms with Crippen LogP contribution in [-0.2, 0) is 0 Å². The summed E-state index contributed by atoms with van der Waals surface area (Å²) in [5, 5.41) is 17.2. The molecule has 1 amide bonds. The Labute approximate surface area is 154 Å². The number of H-pyrrole nitrogens is 1. The van der Waals surface area contributed by atoms with E-state index in [1.54, 1.807) is 30.9 Å². The van der Waals surface area contributed by atoms with E-state index < -0.39 is 11.6 Å². The number of hydrogen-bond acceptors (Lipinski definition) is 6. The molecule has 0 saturated heterocycles. The summed E-state index contributed by atoms with van der Waals surface area (Å²) in [5.41, 5.74) is 0.989. The fourth-order valence-corrected chi connectivity index (χ4v) is 2.63. The Morgan fingerprint density at radius 1 is 1.33 bits per heavy atom. The SMILES string of the molecule is CC(C)(CO)NC(=O)Oc1c[nH]c2ncc(-n3ncc4ccccc43)nc12. The normalized spacial score (nSPS) is 11.8. The molecule has 3 N–H and O–H groups in total. The zero-order chi connectivity index (χ0) is 19.0. The molecule has 0 fully saturated rings. The smallest absolute Gasteiger partial charge is 0.406 e. The van der Waals surface area contributed by atoms with Gasteiger partial charge in [-0.1, -0.05) is 18.2 Å². The maximum Gasteiger partial charge on any atom is 0.413 e. The number of aromatic nitrogens is 5. The molecule has 138 valence electrons. The predicted octanol–water partition coefficient (Wildman–Crippen LogP) is 2.16. The zero-order valence-electron chi connectivity index (χ0n) is 14.8. The number of carbonyl (C=O) groups is 1. The standard InChI is InChI=1S/C18H18N6O3/c1-18(2,10-25)23-17(26)27-13-8-19-16-15(13)22-14(9-20-16)24-12-6-4-3-5-11(12)7-21-24/h3-9,25H,10H2,1-2H3,(H,19,20)(H,23,26). The monoisotopic (exact) mass is 366 g/mol. The third-order valence-corrected chi connectivity index (χ3v) is 4.07. The molecule has 3 aromatic heterocycles. The number of carbonyl (C=O) groups excluding carboxylic acids is 1. The lowest BCUT2D eigenvalue weighted by Crippen LogP contribution is -2.47. The van der Waals surface area contributed by atoms with Crippen molar-refractivity contribution in [2.24, 2.45) is 0 Å². The van der Waals surface area contributed by atoms with Gasteiger partial charge < -0.3 is 20.1 Å². The van der Waals surface area contributed by atoms with Crippen molar-refractivity contribution in [2.75, 3.05) is 6.61 Å². The number of hydrogen-bond donors (Lipinski definition) is 3. The number of ether oxygens (including phenoxy) is 1. The average molecular weight is 366 g/mol. The minimum atomic E-state index is -0.798. The minimum absolute atomic E-state index is 0.216. The number of nitrogens with one attached hydrogen (secondary N) is 2. The average Bonchev–Trinajstić information content (AvgIpc) is 3.25. The first kappa shape index (κ1) is 17.0. The fourth-order valence-electron chi connectivity index (χ4n) is 2.63. The molecule has 0 aliphatic carbocycles. The second-order valence-corrected chi connectivity index (χ2v) is 6.75. The van der Waals surface area contributed by atoms with E-state index in [0.717, 1.165) is 10.9 Å². The van der Waals surface area contributed by atoms with E-state index in [-0.39, 0.29) is 12.4 Å². The maximum atomic E-state index is 12.1. The summed E-state index contributed by atoms with van der Waals surface area (Å²) in [5.74, 6) is 0.742. The number of nitrogens with zero attached hydrogens (tertiary/aromatic N) is 4. The van der Waals surface area contributed by atoms with Crippen molar-refractivity contribution in [3.63, 3.8) is 0 Å². The van der Waals surface area contributed by atoms with E-state index in [1.165, 1.54) is 6.20 Å². The van der Waals surface area contributed by atoms with Gasteiger partial charge in [-0.15, -0.1) is 0 Å². The maximum absolute atomic E-state index is 12.1. The fraction of sp³-hybridized carbons (Fsp3) is 0.222. The van der Waals surface area contributed by atoms with Crippen molar-refractivity contribution >= 4 is 28.2 Å². The van der Waals surface area contributed by atoms with Crippen LogP contribution in [0.5, 0.6) is 5.75 Å². The number of amides is 1. The Balaban J connectivity index is 1.68. The Morgan fingerprint density at radius 3 is 2.96 bits per heavy atom. The predicted molar refractivity (Wildman–Crippen MR) is 98.8 cm³/mol. The van der Waals surface area contributed by atoms with Gasteiger partial charge in [-0.2, -0.15) is 5.10 Å². The molecule has 0 spiro atoms. The number of aliphatic hydroxyl groups is 1. The van der Waals surface area contributed by atoms with E-state index in [0.29, 0.717) is 17.0 Å². The van der Waals surface area contributed by atoms with Crippen molar-refractivity contribution in [1.29, 1.82) is 0 Å². The lowest BCUT2D eigenvalue weighted by Gasteiger charge is -2.22. The first-order valence-electron chi connectivity index (χ1n) is 8.35. The molecule has 3 heterocycles. The molecule has 27 heavy (non-hydrogen) atoms. The summed E-state index contributed by atoms with van der Waals surface area (Å²) in [6, 6.07) is 7.76. The third-order valence-electron chi connectivity index (χ3n) is 4.07. The van der Waals surface area contributed by atoms with E-state index >= 15 is 0 Å². The van der Waals surface area contributed by atoms with Gasteiger partial charge in [0.25, 0.3) is 0 Å². The third kappa shape index (κ3) is 3.20. The van der Waals surface area contributed by atoms with Crippen LogP contribution < -0.4 is 10.1 Å². The van der Waals surface area contributed by atoms with Crippen LogP contribution in [0.3, 0.4) is 0 Å². The van der Waals surface area contributed by atoms with E-state index in [2.05, 4.69) is 25.4 Å². The van der Waals surface area contributed by atoms with E-state index in [9.17, 15) is 9.90 Å². The van der Waals surface area contributed by atoms with Gasteiger partial charge in [0, 0.05) is 11.6 Å². The van der Waals surface area contributed by atoms with E-state index in [1.807, 2.05) is 24.3 Å². The number of para-hydroxylation sites is 1. The first-order chi connectivity index (χ1) is 13.0. The summed E-state index contributed by atoms with van der Waals surface area (Å²) >= 11 is 0.